The molecule has 0 aliphatic rings. The third kappa shape index (κ3) is 3.92. The molecule has 0 fully saturated rings. The maximum Gasteiger partial charge on any atom is 0.257 e. The molecule has 0 aliphatic carbocycles. The Morgan fingerprint density at radius 2 is 1.76 bits per heavy atom. The predicted molar refractivity (Wildman–Crippen MR) is 103 cm³/mol. The second kappa shape index (κ2) is 7.55. The summed E-state index contributed by atoms with van der Waals surface area (Å²) in [6.45, 7) is 0. The van der Waals surface area contributed by atoms with Gasteiger partial charge in [-0.05, 0) is 30.3 Å². The Kier molecular flexibility index (Phi) is 5.22. The first kappa shape index (κ1) is 17.3. The topological polar surface area (TPSA) is 45.2 Å². The molecule has 1 N–H and O–H groups in total. The minimum atomic E-state index is -0.306. The van der Waals surface area contributed by atoms with E-state index in [9.17, 15) is 4.79 Å². The first-order chi connectivity index (χ1) is 12.1. The van der Waals surface area contributed by atoms with E-state index in [1.807, 2.05) is 42.3 Å². The minimum absolute atomic E-state index is 0.306. The molecule has 0 bridgehead atoms. The number of amides is 1. The van der Waals surface area contributed by atoms with Crippen LogP contribution in [0.15, 0.2) is 67.0 Å². The summed E-state index contributed by atoms with van der Waals surface area (Å²) in [5.74, 6) is -0.306. The number of rotatable bonds is 4. The molecule has 1 heterocycles. The number of nitrogens with zero attached hydrogens (tertiary/aromatic N) is 2. The van der Waals surface area contributed by atoms with Crippen molar-refractivity contribution in [1.29, 1.82) is 0 Å². The molecule has 0 aliphatic heterocycles. The summed E-state index contributed by atoms with van der Waals surface area (Å²) in [5, 5.41) is 3.45. The van der Waals surface area contributed by atoms with Crippen LogP contribution in [0.2, 0.25) is 10.0 Å². The van der Waals surface area contributed by atoms with Crippen LogP contribution in [0.3, 0.4) is 0 Å². The first-order valence-electron chi connectivity index (χ1n) is 7.55. The Morgan fingerprint density at radius 1 is 1.00 bits per heavy atom. The highest BCUT2D eigenvalue weighted by Gasteiger charge is 2.13. The fraction of sp³-hybridized carbons (Fsp3) is 0.0526. The van der Waals surface area contributed by atoms with Crippen LogP contribution in [0.5, 0.6) is 0 Å². The van der Waals surface area contributed by atoms with E-state index in [0.29, 0.717) is 21.3 Å². The lowest BCUT2D eigenvalue weighted by Gasteiger charge is -2.19. The van der Waals surface area contributed by atoms with Gasteiger partial charge in [0.25, 0.3) is 5.91 Å². The lowest BCUT2D eigenvalue weighted by Crippen LogP contribution is -2.15. The van der Waals surface area contributed by atoms with Crippen LogP contribution in [0, 0.1) is 0 Å². The summed E-state index contributed by atoms with van der Waals surface area (Å²) in [7, 11) is 1.92. The van der Waals surface area contributed by atoms with Gasteiger partial charge in [-0.15, -0.1) is 0 Å². The standard InChI is InChI=1S/C19H15Cl2N3O/c1-24(14-6-3-2-4-7-14)15-10-13(11-22-12-15)19(25)23-17-9-5-8-16(20)18(17)21/h2-12H,1H3,(H,23,25). The van der Waals surface area contributed by atoms with Crippen molar-refractivity contribution in [3.8, 4) is 0 Å². The second-order valence-electron chi connectivity index (χ2n) is 5.38. The fourth-order valence-corrected chi connectivity index (χ4v) is 2.68. The lowest BCUT2D eigenvalue weighted by atomic mass is 10.2. The second-order valence-corrected chi connectivity index (χ2v) is 6.17. The third-order valence-electron chi connectivity index (χ3n) is 3.72. The minimum Gasteiger partial charge on any atom is -0.343 e. The van der Waals surface area contributed by atoms with Gasteiger partial charge in [0, 0.05) is 18.9 Å². The number of carbonyl (C=O) groups is 1. The molecule has 1 aromatic heterocycles. The van der Waals surface area contributed by atoms with Gasteiger partial charge in [0.1, 0.15) is 0 Å². The highest BCUT2D eigenvalue weighted by molar-refractivity contribution is 6.44. The average molecular weight is 372 g/mol. The smallest absolute Gasteiger partial charge is 0.257 e. The highest BCUT2D eigenvalue weighted by atomic mass is 35.5. The summed E-state index contributed by atoms with van der Waals surface area (Å²) in [6, 6.07) is 16.7. The molecule has 1 amide bonds. The van der Waals surface area contributed by atoms with Crippen molar-refractivity contribution in [2.75, 3.05) is 17.3 Å². The van der Waals surface area contributed by atoms with Gasteiger partial charge in [0.05, 0.1) is 33.2 Å². The van der Waals surface area contributed by atoms with Gasteiger partial charge >= 0.3 is 0 Å². The van der Waals surface area contributed by atoms with E-state index in [2.05, 4.69) is 10.3 Å². The van der Waals surface area contributed by atoms with E-state index >= 15 is 0 Å². The number of nitrogens with one attached hydrogen (secondary N) is 1. The largest absolute Gasteiger partial charge is 0.343 e. The molecule has 3 rings (SSSR count). The molecule has 0 atom stereocenters. The summed E-state index contributed by atoms with van der Waals surface area (Å²) in [4.78, 5) is 18.6. The van der Waals surface area contributed by atoms with Crippen LogP contribution < -0.4 is 10.2 Å². The molecule has 126 valence electrons. The number of pyridine rings is 1. The monoisotopic (exact) mass is 371 g/mol. The molecule has 0 saturated carbocycles. The quantitative estimate of drug-likeness (QED) is 0.666. The van der Waals surface area contributed by atoms with Crippen molar-refractivity contribution in [2.24, 2.45) is 0 Å². The van der Waals surface area contributed by atoms with Gasteiger partial charge in [-0.1, -0.05) is 47.5 Å². The molecule has 25 heavy (non-hydrogen) atoms. The van der Waals surface area contributed by atoms with E-state index in [1.54, 1.807) is 30.5 Å². The summed E-state index contributed by atoms with van der Waals surface area (Å²) >= 11 is 12.1. The third-order valence-corrected chi connectivity index (χ3v) is 4.54. The van der Waals surface area contributed by atoms with Crippen LogP contribution in [-0.2, 0) is 0 Å². The van der Waals surface area contributed by atoms with E-state index in [-0.39, 0.29) is 5.91 Å². The molecular formula is C19H15Cl2N3O. The van der Waals surface area contributed by atoms with E-state index in [1.165, 1.54) is 6.20 Å². The first-order valence-corrected chi connectivity index (χ1v) is 8.31. The fourth-order valence-electron chi connectivity index (χ4n) is 2.33. The maximum atomic E-state index is 12.5. The Hall–Kier alpha value is -2.56. The number of anilines is 3. The summed E-state index contributed by atoms with van der Waals surface area (Å²) < 4.78 is 0. The van der Waals surface area contributed by atoms with Gasteiger partial charge in [-0.3, -0.25) is 9.78 Å². The molecule has 6 heteroatoms. The van der Waals surface area contributed by atoms with Gasteiger partial charge in [0.2, 0.25) is 0 Å². The Bertz CT molecular complexity index is 900. The van der Waals surface area contributed by atoms with Gasteiger partial charge in [-0.25, -0.2) is 0 Å². The number of halogens is 2. The number of carbonyl (C=O) groups excluding carboxylic acids is 1. The van der Waals surface area contributed by atoms with Gasteiger partial charge in [0.15, 0.2) is 0 Å². The normalized spacial score (nSPS) is 10.4. The molecular weight excluding hydrogens is 357 g/mol. The van der Waals surface area contributed by atoms with Crippen molar-refractivity contribution >= 4 is 46.2 Å². The van der Waals surface area contributed by atoms with Crippen LogP contribution in [0.1, 0.15) is 10.4 Å². The van der Waals surface area contributed by atoms with Crippen LogP contribution >= 0.6 is 23.2 Å². The van der Waals surface area contributed by atoms with Crippen molar-refractivity contribution < 1.29 is 4.79 Å². The summed E-state index contributed by atoms with van der Waals surface area (Å²) in [5.41, 5.74) is 2.69. The van der Waals surface area contributed by atoms with Gasteiger partial charge in [-0.2, -0.15) is 0 Å². The molecule has 3 aromatic rings. The van der Waals surface area contributed by atoms with Crippen molar-refractivity contribution in [1.82, 2.24) is 4.98 Å². The summed E-state index contributed by atoms with van der Waals surface area (Å²) in [6.07, 6.45) is 3.21. The number of para-hydroxylation sites is 1. The molecule has 2 aromatic carbocycles. The number of aromatic nitrogens is 1. The van der Waals surface area contributed by atoms with Crippen LogP contribution in [0.4, 0.5) is 17.1 Å². The zero-order valence-electron chi connectivity index (χ0n) is 13.4. The Labute approximate surface area is 156 Å². The Morgan fingerprint density at radius 3 is 2.52 bits per heavy atom. The predicted octanol–water partition coefficient (Wildman–Crippen LogP) is 5.41. The highest BCUT2D eigenvalue weighted by Crippen LogP contribution is 2.30. The number of hydrogen-bond acceptors (Lipinski definition) is 3. The molecule has 0 radical (unpaired) electrons. The molecule has 4 nitrogen and oxygen atoms in total. The molecule has 0 unspecified atom stereocenters. The van der Waals surface area contributed by atoms with E-state index in [4.69, 9.17) is 23.2 Å². The zero-order valence-corrected chi connectivity index (χ0v) is 14.9. The number of hydrogen-bond donors (Lipinski definition) is 1. The van der Waals surface area contributed by atoms with Crippen molar-refractivity contribution in [3.63, 3.8) is 0 Å². The molecule has 0 spiro atoms. The van der Waals surface area contributed by atoms with Crippen LogP contribution in [-0.4, -0.2) is 17.9 Å². The van der Waals surface area contributed by atoms with E-state index < -0.39 is 0 Å². The van der Waals surface area contributed by atoms with Gasteiger partial charge < -0.3 is 10.2 Å². The van der Waals surface area contributed by atoms with Crippen LogP contribution in [0.25, 0.3) is 0 Å². The average Bonchev–Trinajstić information content (AvgIpc) is 2.65. The van der Waals surface area contributed by atoms with Crippen molar-refractivity contribution in [2.45, 2.75) is 0 Å². The lowest BCUT2D eigenvalue weighted by molar-refractivity contribution is 0.102. The SMILES string of the molecule is CN(c1ccccc1)c1cncc(C(=O)Nc2cccc(Cl)c2Cl)c1. The van der Waals surface area contributed by atoms with Crippen molar-refractivity contribution in [3.05, 3.63) is 82.6 Å². The Balaban J connectivity index is 1.83. The molecule has 0 saturated heterocycles. The number of benzene rings is 2. The van der Waals surface area contributed by atoms with E-state index in [0.717, 1.165) is 11.4 Å². The zero-order chi connectivity index (χ0) is 17.8. The maximum absolute atomic E-state index is 12.5.